The van der Waals surface area contributed by atoms with Gasteiger partial charge in [-0.1, -0.05) is 0 Å². The van der Waals surface area contributed by atoms with E-state index < -0.39 is 20.3 Å². The maximum absolute atomic E-state index is 11.9. The zero-order valence-electron chi connectivity index (χ0n) is 11.8. The molecule has 1 aromatic carbocycles. The second-order valence-electron chi connectivity index (χ2n) is 4.96. The molecular weight excluding hydrogens is 264 g/mol. The molecule has 0 amide bonds. The molecule has 0 fully saturated rings. The maximum atomic E-state index is 11.9. The van der Waals surface area contributed by atoms with E-state index in [1.165, 1.54) is 26.2 Å². The van der Waals surface area contributed by atoms with Gasteiger partial charge >= 0.3 is 11.9 Å². The highest BCUT2D eigenvalue weighted by molar-refractivity contribution is 6.71. The third kappa shape index (κ3) is 4.74. The van der Waals surface area contributed by atoms with Gasteiger partial charge in [0.15, 0.2) is 11.5 Å². The molecule has 19 heavy (non-hydrogen) atoms. The van der Waals surface area contributed by atoms with E-state index in [4.69, 9.17) is 13.9 Å². The van der Waals surface area contributed by atoms with Crippen molar-refractivity contribution in [3.05, 3.63) is 23.8 Å². The summed E-state index contributed by atoms with van der Waals surface area (Å²) in [6.07, 6.45) is 0. The van der Waals surface area contributed by atoms with Gasteiger partial charge in [-0.05, 0) is 37.8 Å². The number of carbonyl (C=O) groups excluding carboxylic acids is 2. The molecular formula is C13H18O5Si. The van der Waals surface area contributed by atoms with Crippen LogP contribution in [0.4, 0.5) is 0 Å². The zero-order chi connectivity index (χ0) is 14.6. The van der Waals surface area contributed by atoms with Crippen molar-refractivity contribution in [2.45, 2.75) is 26.6 Å². The first kappa shape index (κ1) is 15.2. The van der Waals surface area contributed by atoms with Crippen LogP contribution in [0.1, 0.15) is 17.3 Å². The minimum absolute atomic E-state index is 0.277. The van der Waals surface area contributed by atoms with E-state index in [2.05, 4.69) is 0 Å². The highest BCUT2D eigenvalue weighted by Crippen LogP contribution is 2.28. The molecule has 0 atom stereocenters. The first-order valence-corrected chi connectivity index (χ1v) is 9.23. The van der Waals surface area contributed by atoms with Gasteiger partial charge in [-0.15, -0.1) is 0 Å². The van der Waals surface area contributed by atoms with E-state index in [-0.39, 0.29) is 5.75 Å². The lowest BCUT2D eigenvalue weighted by molar-refractivity contribution is -0.132. The molecule has 0 aliphatic carbocycles. The average Bonchev–Trinajstić information content (AvgIpc) is 2.26. The van der Waals surface area contributed by atoms with Crippen molar-refractivity contribution in [2.24, 2.45) is 0 Å². The third-order valence-corrected chi connectivity index (χ3v) is 2.85. The maximum Gasteiger partial charge on any atom is 0.324 e. The minimum atomic E-state index is -1.95. The van der Waals surface area contributed by atoms with Crippen molar-refractivity contribution in [2.75, 3.05) is 7.11 Å². The molecule has 0 unspecified atom stereocenters. The molecule has 0 heterocycles. The van der Waals surface area contributed by atoms with Gasteiger partial charge in [-0.3, -0.25) is 4.79 Å². The number of ether oxygens (including phenoxy) is 2. The van der Waals surface area contributed by atoms with E-state index in [0.717, 1.165) is 0 Å². The van der Waals surface area contributed by atoms with Crippen LogP contribution in [-0.4, -0.2) is 27.4 Å². The first-order chi connectivity index (χ1) is 8.73. The normalized spacial score (nSPS) is 10.8. The number of methoxy groups -OCH3 is 1. The summed E-state index contributed by atoms with van der Waals surface area (Å²) in [7, 11) is -0.506. The first-order valence-electron chi connectivity index (χ1n) is 5.83. The van der Waals surface area contributed by atoms with E-state index in [0.29, 0.717) is 11.3 Å². The van der Waals surface area contributed by atoms with Crippen LogP contribution in [0.2, 0.25) is 19.6 Å². The molecule has 104 valence electrons. The van der Waals surface area contributed by atoms with Gasteiger partial charge in [-0.25, -0.2) is 4.79 Å². The van der Waals surface area contributed by atoms with Crippen molar-refractivity contribution in [3.8, 4) is 11.5 Å². The molecule has 1 aromatic rings. The van der Waals surface area contributed by atoms with Gasteiger partial charge in [-0.2, -0.15) is 0 Å². The minimum Gasteiger partial charge on any atom is -0.516 e. The molecule has 0 bridgehead atoms. The lowest BCUT2D eigenvalue weighted by Crippen LogP contribution is -2.29. The van der Waals surface area contributed by atoms with Crippen LogP contribution in [-0.2, 0) is 9.22 Å². The van der Waals surface area contributed by atoms with Gasteiger partial charge in [0.2, 0.25) is 8.32 Å². The van der Waals surface area contributed by atoms with Gasteiger partial charge in [0.05, 0.1) is 12.7 Å². The Morgan fingerprint density at radius 2 is 1.74 bits per heavy atom. The second kappa shape index (κ2) is 5.88. The smallest absolute Gasteiger partial charge is 0.324 e. The largest absolute Gasteiger partial charge is 0.516 e. The summed E-state index contributed by atoms with van der Waals surface area (Å²) in [4.78, 5) is 22.8. The number of hydrogen-bond acceptors (Lipinski definition) is 5. The van der Waals surface area contributed by atoms with Crippen LogP contribution < -0.4 is 9.47 Å². The number of rotatable bonds is 4. The summed E-state index contributed by atoms with van der Waals surface area (Å²) < 4.78 is 15.4. The van der Waals surface area contributed by atoms with Crippen LogP contribution in [0.5, 0.6) is 11.5 Å². The van der Waals surface area contributed by atoms with Crippen molar-refractivity contribution < 1.29 is 23.5 Å². The van der Waals surface area contributed by atoms with Gasteiger partial charge in [0.1, 0.15) is 0 Å². The standard InChI is InChI=1S/C13H18O5Si/c1-9(14)17-11-7-6-10(8-12(11)16-2)13(15)18-19(3,4)5/h6-8H,1-5H3. The fourth-order valence-electron chi connectivity index (χ4n) is 1.37. The van der Waals surface area contributed by atoms with Gasteiger partial charge in [0, 0.05) is 6.92 Å². The second-order valence-corrected chi connectivity index (χ2v) is 9.39. The van der Waals surface area contributed by atoms with Gasteiger partial charge < -0.3 is 13.9 Å². The Labute approximate surface area is 113 Å². The average molecular weight is 282 g/mol. The van der Waals surface area contributed by atoms with E-state index >= 15 is 0 Å². The summed E-state index contributed by atoms with van der Waals surface area (Å²) in [5.74, 6) is -0.248. The molecule has 0 N–H and O–H groups in total. The number of esters is 1. The molecule has 0 aliphatic heterocycles. The summed E-state index contributed by atoms with van der Waals surface area (Å²) in [6.45, 7) is 7.08. The Kier molecular flexibility index (Phi) is 4.71. The number of carbonyl (C=O) groups is 2. The van der Waals surface area contributed by atoms with Crippen LogP contribution >= 0.6 is 0 Å². The van der Waals surface area contributed by atoms with Crippen LogP contribution in [0.15, 0.2) is 18.2 Å². The van der Waals surface area contributed by atoms with Crippen LogP contribution in [0.25, 0.3) is 0 Å². The summed E-state index contributed by atoms with van der Waals surface area (Å²) in [6, 6.07) is 4.56. The predicted molar refractivity (Wildman–Crippen MR) is 73.1 cm³/mol. The quantitative estimate of drug-likeness (QED) is 0.482. The molecule has 0 spiro atoms. The van der Waals surface area contributed by atoms with Crippen molar-refractivity contribution in [1.82, 2.24) is 0 Å². The predicted octanol–water partition coefficient (Wildman–Crippen LogP) is 2.61. The Morgan fingerprint density at radius 3 is 2.21 bits per heavy atom. The monoisotopic (exact) mass is 282 g/mol. The third-order valence-electron chi connectivity index (χ3n) is 2.05. The molecule has 0 aliphatic rings. The molecule has 0 radical (unpaired) electrons. The van der Waals surface area contributed by atoms with Gasteiger partial charge in [0.25, 0.3) is 0 Å². The molecule has 0 saturated heterocycles. The van der Waals surface area contributed by atoms with Crippen molar-refractivity contribution >= 4 is 20.3 Å². The van der Waals surface area contributed by atoms with Crippen molar-refractivity contribution in [3.63, 3.8) is 0 Å². The van der Waals surface area contributed by atoms with Crippen LogP contribution in [0.3, 0.4) is 0 Å². The zero-order valence-corrected chi connectivity index (χ0v) is 12.8. The molecule has 0 saturated carbocycles. The summed E-state index contributed by atoms with van der Waals surface area (Å²) >= 11 is 0. The lowest BCUT2D eigenvalue weighted by Gasteiger charge is -2.17. The molecule has 6 heteroatoms. The number of hydrogen-bond donors (Lipinski definition) is 0. The fraction of sp³-hybridized carbons (Fsp3) is 0.385. The SMILES string of the molecule is COc1cc(C(=O)O[Si](C)(C)C)ccc1OC(C)=O. The number of benzene rings is 1. The summed E-state index contributed by atoms with van der Waals surface area (Å²) in [5.41, 5.74) is 0.371. The molecule has 5 nitrogen and oxygen atoms in total. The van der Waals surface area contributed by atoms with E-state index in [1.807, 2.05) is 19.6 Å². The molecule has 1 rings (SSSR count). The Morgan fingerprint density at radius 1 is 1.11 bits per heavy atom. The Balaban J connectivity index is 2.99. The lowest BCUT2D eigenvalue weighted by atomic mass is 10.2. The van der Waals surface area contributed by atoms with Crippen LogP contribution in [0, 0.1) is 0 Å². The van der Waals surface area contributed by atoms with E-state index in [1.54, 1.807) is 6.07 Å². The highest BCUT2D eigenvalue weighted by atomic mass is 28.4. The summed E-state index contributed by atoms with van der Waals surface area (Å²) in [5, 5.41) is 0. The molecule has 0 aromatic heterocycles. The van der Waals surface area contributed by atoms with Crippen molar-refractivity contribution in [1.29, 1.82) is 0 Å². The topological polar surface area (TPSA) is 61.8 Å². The Bertz CT molecular complexity index is 490. The fourth-order valence-corrected chi connectivity index (χ4v) is 2.04. The Hall–Kier alpha value is -1.82. The van der Waals surface area contributed by atoms with E-state index in [9.17, 15) is 9.59 Å². The highest BCUT2D eigenvalue weighted by Gasteiger charge is 2.22.